The fraction of sp³-hybridized carbons (Fsp3) is 0.667. The molecular formula is C6H12N4. The van der Waals surface area contributed by atoms with Crippen LogP contribution >= 0.6 is 0 Å². The van der Waals surface area contributed by atoms with Gasteiger partial charge in [0.2, 0.25) is 0 Å². The molecule has 56 valence electrons. The molecule has 4 heteroatoms. The second kappa shape index (κ2) is 2.79. The first-order valence-corrected chi connectivity index (χ1v) is 3.29. The molecule has 0 spiro atoms. The maximum Gasteiger partial charge on any atom is 0.136 e. The Morgan fingerprint density at radius 1 is 1.80 bits per heavy atom. The Balaban J connectivity index is 2.82. The van der Waals surface area contributed by atoms with E-state index in [2.05, 4.69) is 10.2 Å². The van der Waals surface area contributed by atoms with Crippen molar-refractivity contribution in [2.75, 3.05) is 6.54 Å². The highest BCUT2D eigenvalue weighted by Gasteiger charge is 2.07. The molecule has 0 aromatic carbocycles. The summed E-state index contributed by atoms with van der Waals surface area (Å²) >= 11 is 0. The number of hydrogen-bond acceptors (Lipinski definition) is 3. The second-order valence-corrected chi connectivity index (χ2v) is 2.44. The monoisotopic (exact) mass is 140 g/mol. The lowest BCUT2D eigenvalue weighted by molar-refractivity contribution is 0.666. The molecule has 0 saturated heterocycles. The fourth-order valence-corrected chi connectivity index (χ4v) is 0.844. The van der Waals surface area contributed by atoms with Crippen molar-refractivity contribution in [1.82, 2.24) is 14.8 Å². The van der Waals surface area contributed by atoms with Crippen molar-refractivity contribution in [3.8, 4) is 0 Å². The van der Waals surface area contributed by atoms with Gasteiger partial charge in [-0.2, -0.15) is 0 Å². The summed E-state index contributed by atoms with van der Waals surface area (Å²) in [5.41, 5.74) is 5.45. The van der Waals surface area contributed by atoms with Gasteiger partial charge < -0.3 is 10.3 Å². The number of nitrogens with two attached hydrogens (primary N) is 1. The van der Waals surface area contributed by atoms with E-state index in [0.717, 1.165) is 5.82 Å². The largest absolute Gasteiger partial charge is 0.330 e. The smallest absolute Gasteiger partial charge is 0.136 e. The third kappa shape index (κ3) is 1.16. The van der Waals surface area contributed by atoms with E-state index in [1.54, 1.807) is 6.33 Å². The molecule has 10 heavy (non-hydrogen) atoms. The van der Waals surface area contributed by atoms with Crippen LogP contribution in [0.3, 0.4) is 0 Å². The molecule has 0 aliphatic heterocycles. The van der Waals surface area contributed by atoms with E-state index >= 15 is 0 Å². The van der Waals surface area contributed by atoms with Crippen molar-refractivity contribution in [2.45, 2.75) is 12.8 Å². The molecule has 0 amide bonds. The Morgan fingerprint density at radius 2 is 2.50 bits per heavy atom. The number of rotatable bonds is 2. The molecule has 0 aliphatic rings. The zero-order valence-electron chi connectivity index (χ0n) is 6.28. The Morgan fingerprint density at radius 3 is 2.90 bits per heavy atom. The van der Waals surface area contributed by atoms with Crippen LogP contribution in [0.1, 0.15) is 18.7 Å². The van der Waals surface area contributed by atoms with Crippen LogP contribution in [-0.4, -0.2) is 21.3 Å². The Kier molecular flexibility index (Phi) is 2.01. The number of aryl methyl sites for hydroxylation is 1. The van der Waals surface area contributed by atoms with Crippen molar-refractivity contribution < 1.29 is 0 Å². The third-order valence-electron chi connectivity index (χ3n) is 1.54. The predicted molar refractivity (Wildman–Crippen MR) is 38.5 cm³/mol. The summed E-state index contributed by atoms with van der Waals surface area (Å²) in [4.78, 5) is 0. The molecule has 1 heterocycles. The first-order valence-electron chi connectivity index (χ1n) is 3.29. The highest BCUT2D eigenvalue weighted by Crippen LogP contribution is 2.07. The summed E-state index contributed by atoms with van der Waals surface area (Å²) in [5.74, 6) is 1.25. The molecule has 1 rings (SSSR count). The van der Waals surface area contributed by atoms with Crippen molar-refractivity contribution in [2.24, 2.45) is 12.8 Å². The summed E-state index contributed by atoms with van der Waals surface area (Å²) in [5, 5.41) is 7.67. The van der Waals surface area contributed by atoms with Gasteiger partial charge in [0.15, 0.2) is 0 Å². The quantitative estimate of drug-likeness (QED) is 0.623. The molecule has 0 unspecified atom stereocenters. The van der Waals surface area contributed by atoms with Gasteiger partial charge in [0.05, 0.1) is 0 Å². The molecule has 2 N–H and O–H groups in total. The zero-order chi connectivity index (χ0) is 7.56. The van der Waals surface area contributed by atoms with Gasteiger partial charge in [-0.15, -0.1) is 10.2 Å². The van der Waals surface area contributed by atoms with E-state index < -0.39 is 0 Å². The number of hydrogen-bond donors (Lipinski definition) is 1. The van der Waals surface area contributed by atoms with Crippen LogP contribution in [0.15, 0.2) is 6.33 Å². The van der Waals surface area contributed by atoms with Crippen molar-refractivity contribution >= 4 is 0 Å². The Bertz CT molecular complexity index is 205. The van der Waals surface area contributed by atoms with Gasteiger partial charge in [0, 0.05) is 19.5 Å². The van der Waals surface area contributed by atoms with E-state index in [1.807, 2.05) is 18.5 Å². The van der Waals surface area contributed by atoms with E-state index in [4.69, 9.17) is 5.73 Å². The van der Waals surface area contributed by atoms with E-state index in [0.29, 0.717) is 12.5 Å². The average Bonchev–Trinajstić information content (AvgIpc) is 2.34. The normalized spacial score (nSPS) is 13.5. The molecule has 1 aromatic rings. The van der Waals surface area contributed by atoms with E-state index in [9.17, 15) is 0 Å². The fourth-order valence-electron chi connectivity index (χ4n) is 0.844. The molecule has 1 atom stereocenters. The van der Waals surface area contributed by atoms with Gasteiger partial charge in [0.1, 0.15) is 12.2 Å². The summed E-state index contributed by atoms with van der Waals surface area (Å²) in [7, 11) is 1.92. The van der Waals surface area contributed by atoms with Crippen LogP contribution in [0.4, 0.5) is 0 Å². The van der Waals surface area contributed by atoms with Gasteiger partial charge >= 0.3 is 0 Å². The average molecular weight is 140 g/mol. The van der Waals surface area contributed by atoms with Crippen LogP contribution in [0.25, 0.3) is 0 Å². The zero-order valence-corrected chi connectivity index (χ0v) is 6.28. The van der Waals surface area contributed by atoms with Gasteiger partial charge in [-0.25, -0.2) is 0 Å². The molecular weight excluding hydrogens is 128 g/mol. The minimum absolute atomic E-state index is 0.299. The molecule has 0 saturated carbocycles. The Hall–Kier alpha value is -0.900. The number of nitrogens with zero attached hydrogens (tertiary/aromatic N) is 3. The third-order valence-corrected chi connectivity index (χ3v) is 1.54. The molecule has 0 radical (unpaired) electrons. The lowest BCUT2D eigenvalue weighted by Gasteiger charge is -2.05. The molecule has 0 fully saturated rings. The SMILES string of the molecule is C[C@@H](CN)c1nncn1C. The van der Waals surface area contributed by atoms with Crippen LogP contribution in [0.5, 0.6) is 0 Å². The van der Waals surface area contributed by atoms with Crippen LogP contribution in [-0.2, 0) is 7.05 Å². The number of aromatic nitrogens is 3. The standard InChI is InChI=1S/C6H12N4/c1-5(3-7)6-9-8-4-10(6)2/h4-5H,3,7H2,1-2H3/t5-/m0/s1. The van der Waals surface area contributed by atoms with Gasteiger partial charge in [-0.05, 0) is 0 Å². The topological polar surface area (TPSA) is 56.7 Å². The molecule has 0 aliphatic carbocycles. The summed E-state index contributed by atoms with van der Waals surface area (Å²) in [6.07, 6.45) is 1.68. The van der Waals surface area contributed by atoms with Crippen molar-refractivity contribution in [3.05, 3.63) is 12.2 Å². The van der Waals surface area contributed by atoms with Gasteiger partial charge in [-0.1, -0.05) is 6.92 Å². The minimum Gasteiger partial charge on any atom is -0.330 e. The second-order valence-electron chi connectivity index (χ2n) is 2.44. The molecule has 4 nitrogen and oxygen atoms in total. The minimum atomic E-state index is 0.299. The maximum absolute atomic E-state index is 5.45. The summed E-state index contributed by atoms with van der Waals surface area (Å²) in [6.45, 7) is 2.65. The van der Waals surface area contributed by atoms with Crippen molar-refractivity contribution in [1.29, 1.82) is 0 Å². The van der Waals surface area contributed by atoms with Crippen LogP contribution < -0.4 is 5.73 Å². The van der Waals surface area contributed by atoms with Crippen LogP contribution in [0, 0.1) is 0 Å². The highest BCUT2D eigenvalue weighted by molar-refractivity contribution is 4.93. The lowest BCUT2D eigenvalue weighted by Crippen LogP contribution is -2.13. The van der Waals surface area contributed by atoms with Gasteiger partial charge in [-0.3, -0.25) is 0 Å². The predicted octanol–water partition coefficient (Wildman–Crippen LogP) is -0.123. The summed E-state index contributed by atoms with van der Waals surface area (Å²) in [6, 6.07) is 0. The highest BCUT2D eigenvalue weighted by atomic mass is 15.2. The van der Waals surface area contributed by atoms with E-state index in [1.165, 1.54) is 0 Å². The van der Waals surface area contributed by atoms with Crippen LogP contribution in [0.2, 0.25) is 0 Å². The van der Waals surface area contributed by atoms with Gasteiger partial charge in [0.25, 0.3) is 0 Å². The Labute approximate surface area is 60.1 Å². The molecule has 0 bridgehead atoms. The first kappa shape index (κ1) is 7.21. The first-order chi connectivity index (χ1) is 4.75. The summed E-state index contributed by atoms with van der Waals surface area (Å²) < 4.78 is 1.89. The van der Waals surface area contributed by atoms with E-state index in [-0.39, 0.29) is 0 Å². The lowest BCUT2D eigenvalue weighted by atomic mass is 10.2. The van der Waals surface area contributed by atoms with Crippen molar-refractivity contribution in [3.63, 3.8) is 0 Å². The maximum atomic E-state index is 5.45. The molecule has 1 aromatic heterocycles.